The van der Waals surface area contributed by atoms with Crippen LogP contribution in [-0.2, 0) is 4.74 Å². The van der Waals surface area contributed by atoms with Gasteiger partial charge in [0.1, 0.15) is 18.0 Å². The Morgan fingerprint density at radius 3 is 2.42 bits per heavy atom. The summed E-state index contributed by atoms with van der Waals surface area (Å²) in [5.41, 5.74) is -0.197. The molecule has 5 heteroatoms. The Labute approximate surface area is 155 Å². The molecule has 0 unspecified atom stereocenters. The molecule has 0 bridgehead atoms. The molecular weight excluding hydrogens is 345 g/mol. The van der Waals surface area contributed by atoms with Gasteiger partial charge in [0.15, 0.2) is 0 Å². The van der Waals surface area contributed by atoms with E-state index >= 15 is 0 Å². The lowest BCUT2D eigenvalue weighted by molar-refractivity contribution is -0.0897. The van der Waals surface area contributed by atoms with E-state index in [-0.39, 0.29) is 5.60 Å². The van der Waals surface area contributed by atoms with Gasteiger partial charge in [-0.2, -0.15) is 0 Å². The third-order valence-electron chi connectivity index (χ3n) is 5.63. The number of nitrogens with zero attached hydrogens (tertiary/aromatic N) is 1. The second kappa shape index (κ2) is 8.27. The first-order valence-electron chi connectivity index (χ1n) is 8.99. The van der Waals surface area contributed by atoms with Gasteiger partial charge in [-0.25, -0.2) is 0 Å². The topological polar surface area (TPSA) is 21.7 Å². The lowest BCUT2D eigenvalue weighted by Crippen LogP contribution is -2.52. The van der Waals surface area contributed by atoms with Crippen LogP contribution in [0.15, 0.2) is 18.2 Å². The first kappa shape index (κ1) is 18.3. The SMILES string of the molecule is COC1(COc2ccc(Cl)c(Cl)c2)CCN(C2CCCCC2)CC1. The molecule has 1 saturated heterocycles. The Morgan fingerprint density at radius 1 is 1.08 bits per heavy atom. The van der Waals surface area contributed by atoms with Crippen LogP contribution in [-0.4, -0.2) is 43.3 Å². The molecule has 1 aromatic rings. The van der Waals surface area contributed by atoms with E-state index in [4.69, 9.17) is 32.7 Å². The number of likely N-dealkylation sites (tertiary alicyclic amines) is 1. The van der Waals surface area contributed by atoms with Gasteiger partial charge in [0.05, 0.1) is 10.0 Å². The highest BCUT2D eigenvalue weighted by molar-refractivity contribution is 6.42. The summed E-state index contributed by atoms with van der Waals surface area (Å²) in [7, 11) is 1.80. The molecular formula is C19H27Cl2NO2. The van der Waals surface area contributed by atoms with Crippen LogP contribution in [0.3, 0.4) is 0 Å². The van der Waals surface area contributed by atoms with Crippen molar-refractivity contribution in [3.63, 3.8) is 0 Å². The van der Waals surface area contributed by atoms with Crippen LogP contribution in [0.4, 0.5) is 0 Å². The lowest BCUT2D eigenvalue weighted by Gasteiger charge is -2.44. The average molecular weight is 372 g/mol. The average Bonchev–Trinajstić information content (AvgIpc) is 2.64. The number of hydrogen-bond donors (Lipinski definition) is 0. The highest BCUT2D eigenvalue weighted by Gasteiger charge is 2.37. The van der Waals surface area contributed by atoms with Crippen LogP contribution in [0.5, 0.6) is 5.75 Å². The van der Waals surface area contributed by atoms with Crippen molar-refractivity contribution in [1.29, 1.82) is 0 Å². The molecule has 3 nitrogen and oxygen atoms in total. The number of methoxy groups -OCH3 is 1. The molecule has 1 aliphatic carbocycles. The third-order valence-corrected chi connectivity index (χ3v) is 6.37. The predicted octanol–water partition coefficient (Wildman–Crippen LogP) is 5.19. The van der Waals surface area contributed by atoms with Gasteiger partial charge in [-0.05, 0) is 37.8 Å². The van der Waals surface area contributed by atoms with Crippen molar-refractivity contribution in [2.24, 2.45) is 0 Å². The molecule has 0 aromatic heterocycles. The molecule has 1 heterocycles. The van der Waals surface area contributed by atoms with Gasteiger partial charge in [-0.1, -0.05) is 42.5 Å². The summed E-state index contributed by atoms with van der Waals surface area (Å²) in [5, 5.41) is 1.07. The second-order valence-electron chi connectivity index (χ2n) is 7.08. The van der Waals surface area contributed by atoms with E-state index in [0.717, 1.165) is 37.7 Å². The van der Waals surface area contributed by atoms with Gasteiger partial charge < -0.3 is 14.4 Å². The Hall–Kier alpha value is -0.480. The Balaban J connectivity index is 1.54. The standard InChI is InChI=1S/C19H27Cl2NO2/c1-23-19(14-24-16-7-8-17(20)18(21)13-16)9-11-22(12-10-19)15-5-3-2-4-6-15/h7-8,13,15H,2-6,9-12,14H2,1H3. The highest BCUT2D eigenvalue weighted by Crippen LogP contribution is 2.32. The molecule has 1 aromatic carbocycles. The normalized spacial score (nSPS) is 22.5. The molecule has 134 valence electrons. The van der Waals surface area contributed by atoms with E-state index in [0.29, 0.717) is 16.7 Å². The molecule has 0 radical (unpaired) electrons. The first-order chi connectivity index (χ1) is 11.6. The van der Waals surface area contributed by atoms with Crippen molar-refractivity contribution >= 4 is 23.2 Å². The van der Waals surface area contributed by atoms with Crippen LogP contribution in [0.2, 0.25) is 10.0 Å². The zero-order valence-electron chi connectivity index (χ0n) is 14.4. The summed E-state index contributed by atoms with van der Waals surface area (Å²) >= 11 is 12.0. The molecule has 1 aliphatic heterocycles. The summed E-state index contributed by atoms with van der Waals surface area (Å²) in [6.45, 7) is 2.76. The minimum absolute atomic E-state index is 0.197. The van der Waals surface area contributed by atoms with Crippen molar-refractivity contribution < 1.29 is 9.47 Å². The summed E-state index contributed by atoms with van der Waals surface area (Å²) in [6, 6.07) is 6.17. The second-order valence-corrected chi connectivity index (χ2v) is 7.89. The van der Waals surface area contributed by atoms with Crippen LogP contribution in [0.25, 0.3) is 0 Å². The highest BCUT2D eigenvalue weighted by atomic mass is 35.5. The molecule has 3 rings (SSSR count). The van der Waals surface area contributed by atoms with Crippen LogP contribution < -0.4 is 4.74 Å². The first-order valence-corrected chi connectivity index (χ1v) is 9.74. The van der Waals surface area contributed by atoms with Crippen LogP contribution >= 0.6 is 23.2 Å². The summed E-state index contributed by atoms with van der Waals surface area (Å²) in [5.74, 6) is 0.746. The maximum atomic E-state index is 6.06. The third kappa shape index (κ3) is 4.37. The molecule has 2 fully saturated rings. The van der Waals surface area contributed by atoms with Crippen molar-refractivity contribution in [3.05, 3.63) is 28.2 Å². The summed E-state index contributed by atoms with van der Waals surface area (Å²) in [6.07, 6.45) is 8.93. The van der Waals surface area contributed by atoms with E-state index in [9.17, 15) is 0 Å². The maximum Gasteiger partial charge on any atom is 0.121 e. The monoisotopic (exact) mass is 371 g/mol. The summed E-state index contributed by atoms with van der Waals surface area (Å²) < 4.78 is 11.8. The van der Waals surface area contributed by atoms with Crippen molar-refractivity contribution in [1.82, 2.24) is 4.90 Å². The number of rotatable bonds is 5. The number of halogens is 2. The van der Waals surface area contributed by atoms with E-state index in [1.807, 2.05) is 6.07 Å². The molecule has 0 atom stereocenters. The van der Waals surface area contributed by atoms with Gasteiger partial charge in [-0.3, -0.25) is 0 Å². The van der Waals surface area contributed by atoms with E-state index in [1.165, 1.54) is 32.1 Å². The zero-order valence-corrected chi connectivity index (χ0v) is 15.9. The van der Waals surface area contributed by atoms with Crippen LogP contribution in [0.1, 0.15) is 44.9 Å². The van der Waals surface area contributed by atoms with Crippen LogP contribution in [0, 0.1) is 0 Å². The Bertz CT molecular complexity index is 538. The van der Waals surface area contributed by atoms with Gasteiger partial charge in [-0.15, -0.1) is 0 Å². The molecule has 0 spiro atoms. The van der Waals surface area contributed by atoms with Gasteiger partial charge in [0, 0.05) is 32.3 Å². The zero-order chi connectivity index (χ0) is 17.0. The Morgan fingerprint density at radius 2 is 1.79 bits per heavy atom. The van der Waals surface area contributed by atoms with Crippen molar-refractivity contribution in [2.75, 3.05) is 26.8 Å². The quantitative estimate of drug-likeness (QED) is 0.710. The van der Waals surface area contributed by atoms with Gasteiger partial charge in [0.2, 0.25) is 0 Å². The fourth-order valence-electron chi connectivity index (χ4n) is 3.93. The number of ether oxygens (including phenoxy) is 2. The van der Waals surface area contributed by atoms with Gasteiger partial charge >= 0.3 is 0 Å². The minimum Gasteiger partial charge on any atom is -0.491 e. The van der Waals surface area contributed by atoms with Gasteiger partial charge in [0.25, 0.3) is 0 Å². The molecule has 0 amide bonds. The van der Waals surface area contributed by atoms with Crippen molar-refractivity contribution in [3.8, 4) is 5.75 Å². The molecule has 0 N–H and O–H groups in total. The van der Waals surface area contributed by atoms with E-state index < -0.39 is 0 Å². The smallest absolute Gasteiger partial charge is 0.121 e. The maximum absolute atomic E-state index is 6.06. The van der Waals surface area contributed by atoms with E-state index in [2.05, 4.69) is 4.90 Å². The predicted molar refractivity (Wildman–Crippen MR) is 99.4 cm³/mol. The van der Waals surface area contributed by atoms with Crippen molar-refractivity contribution in [2.45, 2.75) is 56.6 Å². The molecule has 2 aliphatic rings. The molecule has 24 heavy (non-hydrogen) atoms. The fraction of sp³-hybridized carbons (Fsp3) is 0.684. The number of piperidine rings is 1. The minimum atomic E-state index is -0.197. The van der Waals surface area contributed by atoms with E-state index in [1.54, 1.807) is 19.2 Å². The Kier molecular flexibility index (Phi) is 6.31. The fourth-order valence-corrected chi connectivity index (χ4v) is 4.22. The number of hydrogen-bond acceptors (Lipinski definition) is 3. The largest absolute Gasteiger partial charge is 0.491 e. The lowest BCUT2D eigenvalue weighted by atomic mass is 9.88. The number of benzene rings is 1. The summed E-state index contributed by atoms with van der Waals surface area (Å²) in [4.78, 5) is 2.66. The molecule has 1 saturated carbocycles.